The van der Waals surface area contributed by atoms with Crippen molar-refractivity contribution in [3.8, 4) is 11.5 Å². The van der Waals surface area contributed by atoms with E-state index in [1.54, 1.807) is 11.0 Å². The van der Waals surface area contributed by atoms with Gasteiger partial charge in [0, 0.05) is 18.8 Å². The predicted octanol–water partition coefficient (Wildman–Crippen LogP) is 4.25. The fourth-order valence-corrected chi connectivity index (χ4v) is 3.53. The third-order valence-corrected chi connectivity index (χ3v) is 5.23. The number of ether oxygens (including phenoxy) is 1. The number of carbonyl (C=O) groups is 2. The second-order valence-corrected chi connectivity index (χ2v) is 7.26. The van der Waals surface area contributed by atoms with Crippen molar-refractivity contribution in [3.63, 3.8) is 0 Å². The second-order valence-electron chi connectivity index (χ2n) is 6.31. The van der Waals surface area contributed by atoms with Gasteiger partial charge in [0.2, 0.25) is 5.91 Å². The van der Waals surface area contributed by atoms with Crippen LogP contribution in [0.3, 0.4) is 0 Å². The SMILES string of the molecule is O=C(Nc1ccc(Oc2ccccc2)cc1)C1CN(C(=O)c2cccs2)C1. The average Bonchev–Trinajstić information content (AvgIpc) is 3.18. The van der Waals surface area contributed by atoms with Gasteiger partial charge in [0.15, 0.2) is 0 Å². The second kappa shape index (κ2) is 7.63. The maximum absolute atomic E-state index is 12.3. The van der Waals surface area contributed by atoms with Crippen LogP contribution in [-0.2, 0) is 4.79 Å². The summed E-state index contributed by atoms with van der Waals surface area (Å²) in [6.07, 6.45) is 0. The van der Waals surface area contributed by atoms with Crippen LogP contribution in [0.5, 0.6) is 11.5 Å². The standard InChI is InChI=1S/C21H18N2O3S/c24-20(15-13-23(14-15)21(25)19-7-4-12-27-19)22-16-8-10-18(11-9-16)26-17-5-2-1-3-6-17/h1-12,15H,13-14H2,(H,22,24). The fourth-order valence-electron chi connectivity index (χ4n) is 2.84. The molecule has 1 saturated heterocycles. The fraction of sp³-hybridized carbons (Fsp3) is 0.143. The van der Waals surface area contributed by atoms with Gasteiger partial charge in [-0.2, -0.15) is 0 Å². The monoisotopic (exact) mass is 378 g/mol. The number of carbonyl (C=O) groups excluding carboxylic acids is 2. The summed E-state index contributed by atoms with van der Waals surface area (Å²) in [6, 6.07) is 20.4. The predicted molar refractivity (Wildman–Crippen MR) is 105 cm³/mol. The molecule has 0 saturated carbocycles. The number of anilines is 1. The first-order chi connectivity index (χ1) is 13.2. The van der Waals surface area contributed by atoms with E-state index in [1.165, 1.54) is 11.3 Å². The summed E-state index contributed by atoms with van der Waals surface area (Å²) in [4.78, 5) is 27.0. The van der Waals surface area contributed by atoms with Crippen LogP contribution in [0.1, 0.15) is 9.67 Å². The summed E-state index contributed by atoms with van der Waals surface area (Å²) in [7, 11) is 0. The van der Waals surface area contributed by atoms with E-state index in [1.807, 2.05) is 66.0 Å². The molecule has 1 aliphatic rings. The van der Waals surface area contributed by atoms with Crippen molar-refractivity contribution in [2.75, 3.05) is 18.4 Å². The van der Waals surface area contributed by atoms with Crippen molar-refractivity contribution in [2.45, 2.75) is 0 Å². The molecule has 0 unspecified atom stereocenters. The average molecular weight is 378 g/mol. The first-order valence-electron chi connectivity index (χ1n) is 8.65. The minimum atomic E-state index is -0.172. The van der Waals surface area contributed by atoms with Gasteiger partial charge in [-0.05, 0) is 47.8 Å². The molecular formula is C21H18N2O3S. The van der Waals surface area contributed by atoms with Gasteiger partial charge in [-0.1, -0.05) is 24.3 Å². The lowest BCUT2D eigenvalue weighted by atomic mass is 9.98. The summed E-state index contributed by atoms with van der Waals surface area (Å²) in [5.74, 6) is 1.22. The molecule has 6 heteroatoms. The summed E-state index contributed by atoms with van der Waals surface area (Å²) >= 11 is 1.42. The van der Waals surface area contributed by atoms with Crippen LogP contribution < -0.4 is 10.1 Å². The van der Waals surface area contributed by atoms with Crippen LogP contribution in [0, 0.1) is 5.92 Å². The van der Waals surface area contributed by atoms with Gasteiger partial charge in [0.25, 0.3) is 5.91 Å². The highest BCUT2D eigenvalue weighted by molar-refractivity contribution is 7.12. The molecule has 0 atom stereocenters. The molecule has 1 fully saturated rings. The molecule has 1 aliphatic heterocycles. The molecule has 0 aliphatic carbocycles. The van der Waals surface area contributed by atoms with Crippen molar-refractivity contribution in [2.24, 2.45) is 5.92 Å². The van der Waals surface area contributed by atoms with E-state index < -0.39 is 0 Å². The minimum Gasteiger partial charge on any atom is -0.457 e. The molecule has 2 amide bonds. The molecule has 0 spiro atoms. The molecule has 0 radical (unpaired) electrons. The molecule has 1 N–H and O–H groups in total. The van der Waals surface area contributed by atoms with Gasteiger partial charge in [0.05, 0.1) is 10.8 Å². The zero-order valence-electron chi connectivity index (χ0n) is 14.5. The zero-order chi connectivity index (χ0) is 18.6. The number of para-hydroxylation sites is 1. The molecule has 136 valence electrons. The van der Waals surface area contributed by atoms with E-state index in [9.17, 15) is 9.59 Å². The Bertz CT molecular complexity index is 918. The Balaban J connectivity index is 1.28. The Kier molecular flexibility index (Phi) is 4.89. The topological polar surface area (TPSA) is 58.6 Å². The number of thiophene rings is 1. The smallest absolute Gasteiger partial charge is 0.263 e. The van der Waals surface area contributed by atoms with E-state index in [0.29, 0.717) is 29.4 Å². The zero-order valence-corrected chi connectivity index (χ0v) is 15.3. The number of amides is 2. The number of nitrogens with zero attached hydrogens (tertiary/aromatic N) is 1. The van der Waals surface area contributed by atoms with Gasteiger partial charge in [-0.25, -0.2) is 0 Å². The normalized spacial score (nSPS) is 13.7. The Morgan fingerprint density at radius 3 is 2.30 bits per heavy atom. The highest BCUT2D eigenvalue weighted by atomic mass is 32.1. The Morgan fingerprint density at radius 1 is 0.926 bits per heavy atom. The van der Waals surface area contributed by atoms with Crippen LogP contribution in [0.2, 0.25) is 0 Å². The van der Waals surface area contributed by atoms with Gasteiger partial charge in [-0.3, -0.25) is 9.59 Å². The Morgan fingerprint density at radius 2 is 1.63 bits per heavy atom. The number of rotatable bonds is 5. The van der Waals surface area contributed by atoms with Crippen molar-refractivity contribution in [1.82, 2.24) is 4.90 Å². The molecule has 2 aromatic carbocycles. The summed E-state index contributed by atoms with van der Waals surface area (Å²) in [6.45, 7) is 0.912. The summed E-state index contributed by atoms with van der Waals surface area (Å²) in [5, 5.41) is 4.78. The first kappa shape index (κ1) is 17.3. The van der Waals surface area contributed by atoms with Crippen LogP contribution in [0.15, 0.2) is 72.1 Å². The number of likely N-dealkylation sites (tertiary alicyclic amines) is 1. The van der Waals surface area contributed by atoms with Crippen LogP contribution in [0.25, 0.3) is 0 Å². The minimum absolute atomic E-state index is 0.00327. The maximum Gasteiger partial charge on any atom is 0.263 e. The Hall–Kier alpha value is -3.12. The number of nitrogens with one attached hydrogen (secondary N) is 1. The molecule has 27 heavy (non-hydrogen) atoms. The lowest BCUT2D eigenvalue weighted by molar-refractivity contribution is -0.123. The quantitative estimate of drug-likeness (QED) is 0.722. The van der Waals surface area contributed by atoms with Crippen LogP contribution in [0.4, 0.5) is 5.69 Å². The van der Waals surface area contributed by atoms with Crippen molar-refractivity contribution >= 4 is 28.8 Å². The molecule has 2 heterocycles. The van der Waals surface area contributed by atoms with E-state index in [4.69, 9.17) is 4.74 Å². The molecule has 1 aromatic heterocycles. The van der Waals surface area contributed by atoms with Crippen molar-refractivity contribution in [1.29, 1.82) is 0 Å². The van der Waals surface area contributed by atoms with E-state index >= 15 is 0 Å². The third kappa shape index (κ3) is 4.01. The van der Waals surface area contributed by atoms with E-state index in [2.05, 4.69) is 5.32 Å². The van der Waals surface area contributed by atoms with Gasteiger partial charge in [-0.15, -0.1) is 11.3 Å². The third-order valence-electron chi connectivity index (χ3n) is 4.37. The number of hydrogen-bond acceptors (Lipinski definition) is 4. The highest BCUT2D eigenvalue weighted by Gasteiger charge is 2.36. The molecule has 4 rings (SSSR count). The van der Waals surface area contributed by atoms with Gasteiger partial charge in [0.1, 0.15) is 11.5 Å². The molecular weight excluding hydrogens is 360 g/mol. The summed E-state index contributed by atoms with van der Waals surface area (Å²) < 4.78 is 5.74. The van der Waals surface area contributed by atoms with Gasteiger partial charge < -0.3 is 15.0 Å². The number of benzene rings is 2. The van der Waals surface area contributed by atoms with Crippen LogP contribution in [-0.4, -0.2) is 29.8 Å². The number of hydrogen-bond donors (Lipinski definition) is 1. The van der Waals surface area contributed by atoms with Crippen molar-refractivity contribution < 1.29 is 14.3 Å². The molecule has 0 bridgehead atoms. The lowest BCUT2D eigenvalue weighted by Crippen LogP contribution is -2.54. The van der Waals surface area contributed by atoms with Crippen LogP contribution >= 0.6 is 11.3 Å². The molecule has 3 aromatic rings. The van der Waals surface area contributed by atoms with E-state index in [-0.39, 0.29) is 17.7 Å². The highest BCUT2D eigenvalue weighted by Crippen LogP contribution is 2.25. The van der Waals surface area contributed by atoms with Crippen molar-refractivity contribution in [3.05, 3.63) is 77.0 Å². The molecule has 5 nitrogen and oxygen atoms in total. The maximum atomic E-state index is 12.3. The largest absolute Gasteiger partial charge is 0.457 e. The van der Waals surface area contributed by atoms with Gasteiger partial charge >= 0.3 is 0 Å². The first-order valence-corrected chi connectivity index (χ1v) is 9.53. The summed E-state index contributed by atoms with van der Waals surface area (Å²) in [5.41, 5.74) is 0.712. The Labute approximate surface area is 161 Å². The lowest BCUT2D eigenvalue weighted by Gasteiger charge is -2.37. The van der Waals surface area contributed by atoms with E-state index in [0.717, 1.165) is 5.75 Å².